The van der Waals surface area contributed by atoms with Crippen LogP contribution in [0.15, 0.2) is 59.6 Å². The first-order valence-corrected chi connectivity index (χ1v) is 9.53. The molecule has 0 unspecified atom stereocenters. The van der Waals surface area contributed by atoms with Gasteiger partial charge >= 0.3 is 0 Å². The van der Waals surface area contributed by atoms with Crippen LogP contribution in [0.3, 0.4) is 0 Å². The highest BCUT2D eigenvalue weighted by Gasteiger charge is 2.12. The molecule has 0 saturated carbocycles. The quantitative estimate of drug-likeness (QED) is 0.423. The summed E-state index contributed by atoms with van der Waals surface area (Å²) in [4.78, 5) is 17.1. The fraction of sp³-hybridized carbons (Fsp3) is 0.227. The normalized spacial score (nSPS) is 11.4. The summed E-state index contributed by atoms with van der Waals surface area (Å²) in [7, 11) is 1.55. The number of halogens is 1. The molecule has 0 aliphatic carbocycles. The number of rotatable bonds is 6. The third kappa shape index (κ3) is 5.66. The second-order valence-electron chi connectivity index (χ2n) is 7.07. The van der Waals surface area contributed by atoms with Crippen LogP contribution >= 0.6 is 0 Å². The first kappa shape index (κ1) is 21.0. The Morgan fingerprint density at radius 3 is 2.67 bits per heavy atom. The van der Waals surface area contributed by atoms with Crippen molar-refractivity contribution in [3.63, 3.8) is 0 Å². The van der Waals surface area contributed by atoms with Crippen LogP contribution in [0.2, 0.25) is 0 Å². The van der Waals surface area contributed by atoms with Gasteiger partial charge in [-0.05, 0) is 53.9 Å². The average Bonchev–Trinajstić information content (AvgIpc) is 3.21. The largest absolute Gasteiger partial charge is 0.497 e. The number of anilines is 1. The fourth-order valence-electron chi connectivity index (χ4n) is 2.61. The number of hydrogen-bond acceptors (Lipinski definition) is 4. The van der Waals surface area contributed by atoms with Gasteiger partial charge in [0.05, 0.1) is 12.8 Å². The molecule has 1 heterocycles. The van der Waals surface area contributed by atoms with Crippen LogP contribution < -0.4 is 15.4 Å². The van der Waals surface area contributed by atoms with E-state index < -0.39 is 0 Å². The lowest BCUT2D eigenvalue weighted by Crippen LogP contribution is -2.36. The van der Waals surface area contributed by atoms with Crippen molar-refractivity contribution in [3.8, 4) is 17.0 Å². The number of nitrogens with one attached hydrogen (secondary N) is 3. The third-order valence-corrected chi connectivity index (χ3v) is 4.16. The van der Waals surface area contributed by atoms with Gasteiger partial charge in [0.15, 0.2) is 5.82 Å². The molecule has 0 atom stereocenters. The summed E-state index contributed by atoms with van der Waals surface area (Å²) in [6, 6.07) is 14.7. The summed E-state index contributed by atoms with van der Waals surface area (Å²) in [6.45, 7) is 4.59. The number of guanidine groups is 1. The van der Waals surface area contributed by atoms with Gasteiger partial charge in [0.2, 0.25) is 5.96 Å². The molecule has 156 valence electrons. The van der Waals surface area contributed by atoms with Crippen molar-refractivity contribution in [1.29, 1.82) is 0 Å². The molecule has 1 aromatic heterocycles. The SMILES string of the molecule is COc1cccc(C(=O)NC(=NCC(C)C)Nc2cc(-c3ccc(F)cc3)[nH]n2)c1. The van der Waals surface area contributed by atoms with Crippen LogP contribution in [0.5, 0.6) is 5.75 Å². The van der Waals surface area contributed by atoms with E-state index in [0.29, 0.717) is 35.3 Å². The van der Waals surface area contributed by atoms with Crippen molar-refractivity contribution in [3.05, 3.63) is 66.0 Å². The van der Waals surface area contributed by atoms with E-state index in [0.717, 1.165) is 5.56 Å². The first-order chi connectivity index (χ1) is 14.4. The number of hydrogen-bond donors (Lipinski definition) is 3. The standard InChI is InChI=1S/C22H24FN5O2/c1-14(2)13-24-22(26-21(29)16-5-4-6-18(11-16)30-3)25-20-12-19(27-28-20)15-7-9-17(23)10-8-15/h4-12,14H,13H2,1-3H3,(H3,24,25,26,27,28,29). The molecule has 2 aromatic carbocycles. The van der Waals surface area contributed by atoms with Crippen molar-refractivity contribution < 1.29 is 13.9 Å². The summed E-state index contributed by atoms with van der Waals surface area (Å²) in [6.07, 6.45) is 0. The van der Waals surface area contributed by atoms with Gasteiger partial charge < -0.3 is 10.1 Å². The van der Waals surface area contributed by atoms with Gasteiger partial charge in [-0.15, -0.1) is 0 Å². The highest BCUT2D eigenvalue weighted by atomic mass is 19.1. The van der Waals surface area contributed by atoms with Gasteiger partial charge in [-0.2, -0.15) is 5.10 Å². The molecule has 8 heteroatoms. The fourth-order valence-corrected chi connectivity index (χ4v) is 2.61. The first-order valence-electron chi connectivity index (χ1n) is 9.53. The molecule has 3 rings (SSSR count). The van der Waals surface area contributed by atoms with Crippen molar-refractivity contribution in [2.75, 3.05) is 19.0 Å². The summed E-state index contributed by atoms with van der Waals surface area (Å²) in [5.41, 5.74) is 1.94. The number of H-pyrrole nitrogens is 1. The zero-order valence-electron chi connectivity index (χ0n) is 17.1. The number of benzene rings is 2. The minimum atomic E-state index is -0.321. The number of carbonyl (C=O) groups excluding carboxylic acids is 1. The maximum atomic E-state index is 13.1. The van der Waals surface area contributed by atoms with E-state index in [-0.39, 0.29) is 17.7 Å². The van der Waals surface area contributed by atoms with E-state index in [1.54, 1.807) is 49.6 Å². The molecule has 1 amide bonds. The smallest absolute Gasteiger partial charge is 0.258 e. The van der Waals surface area contributed by atoms with Gasteiger partial charge in [0.25, 0.3) is 5.91 Å². The van der Waals surface area contributed by atoms with Crippen LogP contribution in [-0.4, -0.2) is 35.7 Å². The van der Waals surface area contributed by atoms with E-state index in [1.807, 2.05) is 13.8 Å². The van der Waals surface area contributed by atoms with Crippen LogP contribution in [0.4, 0.5) is 10.2 Å². The lowest BCUT2D eigenvalue weighted by molar-refractivity contribution is 0.0976. The Bertz CT molecular complexity index is 1030. The predicted octanol–water partition coefficient (Wildman–Crippen LogP) is 4.08. The molecular formula is C22H24FN5O2. The lowest BCUT2D eigenvalue weighted by atomic mass is 10.1. The second-order valence-corrected chi connectivity index (χ2v) is 7.07. The Morgan fingerprint density at radius 1 is 1.20 bits per heavy atom. The van der Waals surface area contributed by atoms with E-state index in [2.05, 4.69) is 25.8 Å². The molecule has 3 aromatic rings. The number of carbonyl (C=O) groups is 1. The number of aromatic amines is 1. The van der Waals surface area contributed by atoms with Crippen LogP contribution in [-0.2, 0) is 0 Å². The van der Waals surface area contributed by atoms with Crippen molar-refractivity contribution >= 4 is 17.7 Å². The lowest BCUT2D eigenvalue weighted by Gasteiger charge is -2.11. The number of ether oxygens (including phenoxy) is 1. The second kappa shape index (κ2) is 9.69. The summed E-state index contributed by atoms with van der Waals surface area (Å²) < 4.78 is 18.3. The Morgan fingerprint density at radius 2 is 1.97 bits per heavy atom. The minimum Gasteiger partial charge on any atom is -0.497 e. The Hall–Kier alpha value is -3.68. The maximum absolute atomic E-state index is 13.1. The van der Waals surface area contributed by atoms with Gasteiger partial charge in [-0.25, -0.2) is 4.39 Å². The molecular weight excluding hydrogens is 385 g/mol. The molecule has 3 N–H and O–H groups in total. The number of methoxy groups -OCH3 is 1. The molecule has 0 saturated heterocycles. The molecule has 0 aliphatic rings. The van der Waals surface area contributed by atoms with E-state index in [9.17, 15) is 9.18 Å². The predicted molar refractivity (Wildman–Crippen MR) is 115 cm³/mol. The zero-order chi connectivity index (χ0) is 21.5. The summed E-state index contributed by atoms with van der Waals surface area (Å²) >= 11 is 0. The van der Waals surface area contributed by atoms with E-state index >= 15 is 0 Å². The number of aliphatic imine (C=N–C) groups is 1. The zero-order valence-corrected chi connectivity index (χ0v) is 17.1. The molecule has 0 radical (unpaired) electrons. The van der Waals surface area contributed by atoms with E-state index in [4.69, 9.17) is 4.74 Å². The molecule has 0 fully saturated rings. The molecule has 7 nitrogen and oxygen atoms in total. The van der Waals surface area contributed by atoms with Gasteiger partial charge in [-0.3, -0.25) is 20.2 Å². The van der Waals surface area contributed by atoms with Gasteiger partial charge in [-0.1, -0.05) is 19.9 Å². The van der Waals surface area contributed by atoms with Gasteiger partial charge in [0.1, 0.15) is 11.6 Å². The van der Waals surface area contributed by atoms with E-state index in [1.165, 1.54) is 12.1 Å². The molecule has 0 aliphatic heterocycles. The molecule has 30 heavy (non-hydrogen) atoms. The average molecular weight is 409 g/mol. The van der Waals surface area contributed by atoms with Crippen molar-refractivity contribution in [2.45, 2.75) is 13.8 Å². The summed E-state index contributed by atoms with van der Waals surface area (Å²) in [5, 5.41) is 12.9. The Labute approximate surface area is 174 Å². The molecule has 0 spiro atoms. The number of amides is 1. The Balaban J connectivity index is 1.76. The summed E-state index contributed by atoms with van der Waals surface area (Å²) in [5.74, 6) is 1.03. The number of aromatic nitrogens is 2. The highest BCUT2D eigenvalue weighted by molar-refractivity contribution is 6.09. The highest BCUT2D eigenvalue weighted by Crippen LogP contribution is 2.20. The molecule has 0 bridgehead atoms. The number of nitrogens with zero attached hydrogens (tertiary/aromatic N) is 2. The van der Waals surface area contributed by atoms with Gasteiger partial charge in [0, 0.05) is 18.2 Å². The Kier molecular flexibility index (Phi) is 6.79. The topological polar surface area (TPSA) is 91.4 Å². The van der Waals surface area contributed by atoms with Crippen LogP contribution in [0, 0.1) is 11.7 Å². The maximum Gasteiger partial charge on any atom is 0.258 e. The van der Waals surface area contributed by atoms with Crippen molar-refractivity contribution in [1.82, 2.24) is 15.5 Å². The van der Waals surface area contributed by atoms with Crippen LogP contribution in [0.1, 0.15) is 24.2 Å². The van der Waals surface area contributed by atoms with Crippen molar-refractivity contribution in [2.24, 2.45) is 10.9 Å². The third-order valence-electron chi connectivity index (χ3n) is 4.16. The monoisotopic (exact) mass is 409 g/mol. The van der Waals surface area contributed by atoms with Crippen LogP contribution in [0.25, 0.3) is 11.3 Å². The minimum absolute atomic E-state index is 0.286.